The lowest BCUT2D eigenvalue weighted by Gasteiger charge is -2.17. The number of aromatic nitrogens is 4. The van der Waals surface area contributed by atoms with Gasteiger partial charge in [-0.2, -0.15) is 0 Å². The largest absolute Gasteiger partial charge is 0.455 e. The Balaban J connectivity index is 1.31. The summed E-state index contributed by atoms with van der Waals surface area (Å²) in [4.78, 5) is 14.8. The molecule has 12 aromatic rings. The molecule has 9 aromatic carbocycles. The molecule has 0 N–H and O–H groups in total. The van der Waals surface area contributed by atoms with Gasteiger partial charge in [0.2, 0.25) is 0 Å². The summed E-state index contributed by atoms with van der Waals surface area (Å²) in [5.74, 6) is 0.901. The van der Waals surface area contributed by atoms with Gasteiger partial charge in [-0.25, -0.2) is 15.0 Å². The van der Waals surface area contributed by atoms with Crippen molar-refractivity contribution in [3.05, 3.63) is 194 Å². The summed E-state index contributed by atoms with van der Waals surface area (Å²) >= 11 is 0. The van der Waals surface area contributed by atoms with Crippen LogP contribution in [-0.4, -0.2) is 19.5 Å². The highest BCUT2D eigenvalue weighted by molar-refractivity contribution is 6.32. The van der Waals surface area contributed by atoms with Gasteiger partial charge in [-0.3, -0.25) is 0 Å². The smallest absolute Gasteiger partial charge is 0.164 e. The van der Waals surface area contributed by atoms with E-state index in [1.165, 1.54) is 24.3 Å². The quantitative estimate of drug-likeness (QED) is 0.164. The SMILES string of the molecule is [2H]c1cc2c3cc([2H])c([2H])c([2H])c3c3c(c2c([2H])c1[2H])c1c([2H])c([2H])cc([2H])c1n3-c1ccc(-c2nc(-c3ccccc3)nc(-c3ccccc3)n2)cc1-c1cc([2H])c([2H])c2c1oc1c([2H])cc([2H])c([2H])c12. The molecule has 0 atom stereocenters. The van der Waals surface area contributed by atoms with Gasteiger partial charge in [-0.15, -0.1) is 0 Å². The minimum absolute atomic E-state index is 0.00523. The molecule has 3 aromatic heterocycles. The monoisotopic (exact) mass is 754 g/mol. The van der Waals surface area contributed by atoms with Crippen molar-refractivity contribution in [3.63, 3.8) is 0 Å². The van der Waals surface area contributed by atoms with Gasteiger partial charge in [0, 0.05) is 54.7 Å². The maximum absolute atomic E-state index is 9.58. The summed E-state index contributed by atoms with van der Waals surface area (Å²) in [6, 6.07) is 25.4. The van der Waals surface area contributed by atoms with Crippen molar-refractivity contribution >= 4 is 65.3 Å². The zero-order valence-electron chi connectivity index (χ0n) is 44.1. The number of hydrogen-bond acceptors (Lipinski definition) is 4. The average molecular weight is 755 g/mol. The Kier molecular flexibility index (Phi) is 4.74. The minimum Gasteiger partial charge on any atom is -0.455 e. The molecular formula is C53H32N4O. The van der Waals surface area contributed by atoms with Gasteiger partial charge in [0.05, 0.1) is 35.9 Å². The van der Waals surface area contributed by atoms with Crippen LogP contribution in [0.15, 0.2) is 198 Å². The van der Waals surface area contributed by atoms with E-state index < -0.39 is 24.2 Å². The molecule has 0 fully saturated rings. The summed E-state index contributed by atoms with van der Waals surface area (Å²) in [7, 11) is 0. The maximum Gasteiger partial charge on any atom is 0.164 e. The lowest BCUT2D eigenvalue weighted by atomic mass is 9.96. The fourth-order valence-electron chi connectivity index (χ4n) is 7.91. The van der Waals surface area contributed by atoms with Gasteiger partial charge in [0.1, 0.15) is 11.2 Å². The van der Waals surface area contributed by atoms with Crippen molar-refractivity contribution < 1.29 is 23.6 Å². The van der Waals surface area contributed by atoms with E-state index in [9.17, 15) is 8.22 Å². The number of rotatable bonds is 5. The molecule has 270 valence electrons. The molecule has 0 unspecified atom stereocenters. The number of para-hydroxylation sites is 3. The maximum atomic E-state index is 9.58. The second kappa shape index (κ2) is 12.8. The van der Waals surface area contributed by atoms with Crippen LogP contribution in [0, 0.1) is 0 Å². The van der Waals surface area contributed by atoms with E-state index in [4.69, 9.17) is 30.3 Å². The summed E-state index contributed by atoms with van der Waals surface area (Å²) in [6.45, 7) is 0. The molecule has 0 aliphatic rings. The van der Waals surface area contributed by atoms with Gasteiger partial charge in [0.15, 0.2) is 17.5 Å². The van der Waals surface area contributed by atoms with Crippen molar-refractivity contribution in [2.75, 3.05) is 0 Å². The molecule has 58 heavy (non-hydrogen) atoms. The van der Waals surface area contributed by atoms with E-state index in [-0.39, 0.29) is 148 Å². The lowest BCUT2D eigenvalue weighted by Crippen LogP contribution is -2.02. The zero-order chi connectivity index (χ0) is 50.3. The van der Waals surface area contributed by atoms with Crippen LogP contribution >= 0.6 is 0 Å². The number of nitrogens with zero attached hydrogens (tertiary/aromatic N) is 4. The van der Waals surface area contributed by atoms with E-state index in [1.54, 1.807) is 22.8 Å². The Morgan fingerprint density at radius 2 is 1.05 bits per heavy atom. The van der Waals surface area contributed by atoms with E-state index in [1.807, 2.05) is 60.7 Å². The van der Waals surface area contributed by atoms with Crippen LogP contribution in [0.2, 0.25) is 0 Å². The number of benzene rings is 9. The molecule has 3 heterocycles. The predicted molar refractivity (Wildman–Crippen MR) is 238 cm³/mol. The molecule has 0 aliphatic carbocycles. The zero-order valence-corrected chi connectivity index (χ0v) is 30.1. The van der Waals surface area contributed by atoms with E-state index in [0.717, 1.165) is 6.07 Å². The van der Waals surface area contributed by atoms with E-state index in [2.05, 4.69) is 0 Å². The van der Waals surface area contributed by atoms with Crippen LogP contribution in [0.25, 0.3) is 116 Å². The number of hydrogen-bond donors (Lipinski definition) is 0. The number of furan rings is 1. The summed E-state index contributed by atoms with van der Waals surface area (Å²) in [5, 5.41) is 0.572. The standard InChI is InChI=1S/C53H32N4O/c1-3-16-33(17-4-1)51-54-52(34-18-5-2-6-19-34)56-53(55-51)35-30-31-46(44(32-35)42-27-15-26-41-38-22-12-14-29-47(38)58-50(41)42)57-45-28-13-11-25-43(45)48-39-23-9-7-20-36(39)37-21-8-10-24-40(37)49(48)57/h1-32H/i7D,8D,9D,10D,11D,12D,15D,22D,23D,24D,25D,26D,28D,29D. The highest BCUT2D eigenvalue weighted by Crippen LogP contribution is 2.46. The van der Waals surface area contributed by atoms with Crippen LogP contribution in [-0.2, 0) is 0 Å². The van der Waals surface area contributed by atoms with E-state index in [0.29, 0.717) is 28.3 Å². The van der Waals surface area contributed by atoms with Crippen LogP contribution in [0.1, 0.15) is 19.2 Å². The molecule has 0 radical (unpaired) electrons. The fraction of sp³-hybridized carbons (Fsp3) is 0. The molecule has 12 rings (SSSR count). The molecule has 5 heteroatoms. The van der Waals surface area contributed by atoms with Crippen LogP contribution in [0.3, 0.4) is 0 Å². The third kappa shape index (κ3) is 4.93. The Morgan fingerprint density at radius 1 is 0.431 bits per heavy atom. The van der Waals surface area contributed by atoms with Crippen molar-refractivity contribution in [3.8, 4) is 51.0 Å². The first kappa shape index (κ1) is 21.4. The third-order valence-electron chi connectivity index (χ3n) is 10.4. The third-order valence-corrected chi connectivity index (χ3v) is 10.4. The second-order valence-electron chi connectivity index (χ2n) is 13.7. The molecule has 0 amide bonds. The van der Waals surface area contributed by atoms with Crippen molar-refractivity contribution in [2.45, 2.75) is 0 Å². The molecule has 0 spiro atoms. The summed E-state index contributed by atoms with van der Waals surface area (Å²) in [5.41, 5.74) is 2.33. The molecule has 0 saturated heterocycles. The molecule has 0 aliphatic heterocycles. The Hall–Kier alpha value is -7.89. The Morgan fingerprint density at radius 3 is 1.79 bits per heavy atom. The first-order valence-corrected chi connectivity index (χ1v) is 18.4. The normalized spacial score (nSPS) is 15.2. The molecular weight excluding hydrogens is 709 g/mol. The summed E-state index contributed by atoms with van der Waals surface area (Å²) < 4.78 is 135. The van der Waals surface area contributed by atoms with Crippen molar-refractivity contribution in [1.29, 1.82) is 0 Å². The molecule has 0 bridgehead atoms. The lowest BCUT2D eigenvalue weighted by molar-refractivity contribution is 0.670. The van der Waals surface area contributed by atoms with Gasteiger partial charge >= 0.3 is 0 Å². The highest BCUT2D eigenvalue weighted by atomic mass is 16.3. The van der Waals surface area contributed by atoms with Gasteiger partial charge in [0.25, 0.3) is 0 Å². The highest BCUT2D eigenvalue weighted by Gasteiger charge is 2.23. The first-order valence-electron chi connectivity index (χ1n) is 25.4. The van der Waals surface area contributed by atoms with Crippen LogP contribution < -0.4 is 0 Å². The summed E-state index contributed by atoms with van der Waals surface area (Å²) in [6.07, 6.45) is 0. The second-order valence-corrected chi connectivity index (χ2v) is 13.7. The fourth-order valence-corrected chi connectivity index (χ4v) is 7.91. The molecule has 5 nitrogen and oxygen atoms in total. The first-order chi connectivity index (χ1) is 34.5. The predicted octanol–water partition coefficient (Wildman–Crippen LogP) is 13.8. The Bertz CT molecular complexity index is 4330. The average Bonchev–Trinajstić information content (AvgIpc) is 3.96. The van der Waals surface area contributed by atoms with Gasteiger partial charge < -0.3 is 8.98 Å². The van der Waals surface area contributed by atoms with Crippen LogP contribution in [0.4, 0.5) is 0 Å². The minimum atomic E-state index is -0.457. The Labute approximate surface area is 352 Å². The van der Waals surface area contributed by atoms with Crippen molar-refractivity contribution in [2.24, 2.45) is 0 Å². The topological polar surface area (TPSA) is 56.7 Å². The van der Waals surface area contributed by atoms with E-state index >= 15 is 0 Å². The van der Waals surface area contributed by atoms with Crippen molar-refractivity contribution in [1.82, 2.24) is 19.5 Å². The van der Waals surface area contributed by atoms with Gasteiger partial charge in [-0.05, 0) is 46.4 Å². The molecule has 0 saturated carbocycles. The van der Waals surface area contributed by atoms with Crippen LogP contribution in [0.5, 0.6) is 0 Å². The van der Waals surface area contributed by atoms with Gasteiger partial charge in [-0.1, -0.05) is 164 Å². The number of fused-ring (bicyclic) bond motifs is 11.